The van der Waals surface area contributed by atoms with Gasteiger partial charge in [-0.3, -0.25) is 0 Å². The van der Waals surface area contributed by atoms with E-state index in [0.717, 1.165) is 5.69 Å². The van der Waals surface area contributed by atoms with Gasteiger partial charge in [0.15, 0.2) is 5.11 Å². The molecule has 2 N–H and O–H groups in total. The van der Waals surface area contributed by atoms with Gasteiger partial charge in [-0.25, -0.2) is 4.79 Å². The summed E-state index contributed by atoms with van der Waals surface area (Å²) in [6, 6.07) is 7.67. The van der Waals surface area contributed by atoms with Crippen LogP contribution in [0.15, 0.2) is 24.3 Å². The number of benzene rings is 1. The number of esters is 1. The maximum Gasteiger partial charge on any atom is 0.338 e. The predicted octanol–water partition coefficient (Wildman–Crippen LogP) is 3.87. The quantitative estimate of drug-likeness (QED) is 0.501. The third-order valence-corrected chi connectivity index (χ3v) is 4.04. The van der Waals surface area contributed by atoms with Crippen LogP contribution in [0, 0.1) is 0 Å². The Balaban J connectivity index is 1.90. The van der Waals surface area contributed by atoms with Gasteiger partial charge in [-0.05, 0) is 50.2 Å². The number of hydrogen-bond donors (Lipinski definition) is 2. The standard InChI is InChI=1S/C17H24N2O2S/c1-2-21-16(20)13-8-7-11-15(12-13)19-17(22)18-14-9-5-3-4-6-10-14/h7-8,11-12,14H,2-6,9-10H2,1H3,(H2,18,19,22). The molecule has 0 heterocycles. The van der Waals surface area contributed by atoms with Crippen molar-refractivity contribution in [2.75, 3.05) is 11.9 Å². The summed E-state index contributed by atoms with van der Waals surface area (Å²) in [4.78, 5) is 11.7. The van der Waals surface area contributed by atoms with E-state index in [1.54, 1.807) is 19.1 Å². The number of rotatable bonds is 4. The Labute approximate surface area is 137 Å². The Morgan fingerprint density at radius 2 is 2.00 bits per heavy atom. The van der Waals surface area contributed by atoms with E-state index in [-0.39, 0.29) is 5.97 Å². The first-order chi connectivity index (χ1) is 10.7. The Kier molecular flexibility index (Phi) is 6.65. The maximum absolute atomic E-state index is 11.7. The lowest BCUT2D eigenvalue weighted by Gasteiger charge is -2.19. The van der Waals surface area contributed by atoms with Crippen molar-refractivity contribution < 1.29 is 9.53 Å². The second-order valence-corrected chi connectivity index (χ2v) is 6.00. The van der Waals surface area contributed by atoms with Crippen LogP contribution in [0.1, 0.15) is 55.8 Å². The second-order valence-electron chi connectivity index (χ2n) is 5.59. The van der Waals surface area contributed by atoms with Gasteiger partial charge in [0.1, 0.15) is 0 Å². The molecule has 1 saturated carbocycles. The second kappa shape index (κ2) is 8.73. The number of carbonyl (C=O) groups is 1. The maximum atomic E-state index is 11.7. The molecule has 0 aliphatic heterocycles. The SMILES string of the molecule is CCOC(=O)c1cccc(NC(=S)NC2CCCCCC2)c1. The summed E-state index contributed by atoms with van der Waals surface area (Å²) in [6.45, 7) is 2.17. The fraction of sp³-hybridized carbons (Fsp3) is 0.529. The van der Waals surface area contributed by atoms with Gasteiger partial charge < -0.3 is 15.4 Å². The highest BCUT2D eigenvalue weighted by atomic mass is 32.1. The van der Waals surface area contributed by atoms with E-state index in [4.69, 9.17) is 17.0 Å². The van der Waals surface area contributed by atoms with Crippen LogP contribution in [0.5, 0.6) is 0 Å². The Morgan fingerprint density at radius 1 is 1.27 bits per heavy atom. The van der Waals surface area contributed by atoms with Crippen molar-refractivity contribution in [1.82, 2.24) is 5.32 Å². The fourth-order valence-corrected chi connectivity index (χ4v) is 3.00. The number of thiocarbonyl (C=S) groups is 1. The number of carbonyl (C=O) groups excluding carboxylic acids is 1. The number of nitrogens with one attached hydrogen (secondary N) is 2. The molecule has 0 spiro atoms. The van der Waals surface area contributed by atoms with E-state index in [0.29, 0.717) is 23.3 Å². The molecule has 0 saturated heterocycles. The summed E-state index contributed by atoms with van der Waals surface area (Å²) >= 11 is 5.38. The average molecular weight is 320 g/mol. The summed E-state index contributed by atoms with van der Waals surface area (Å²) in [5.74, 6) is -0.311. The van der Waals surface area contributed by atoms with E-state index >= 15 is 0 Å². The average Bonchev–Trinajstić information content (AvgIpc) is 2.76. The molecule has 5 heteroatoms. The van der Waals surface area contributed by atoms with Crippen LogP contribution in [-0.4, -0.2) is 23.7 Å². The first-order valence-corrected chi connectivity index (χ1v) is 8.44. The molecule has 0 amide bonds. The molecular weight excluding hydrogens is 296 g/mol. The molecule has 0 unspecified atom stereocenters. The van der Waals surface area contributed by atoms with Gasteiger partial charge in [0.25, 0.3) is 0 Å². The zero-order chi connectivity index (χ0) is 15.8. The third kappa shape index (κ3) is 5.30. The Morgan fingerprint density at radius 3 is 2.68 bits per heavy atom. The highest BCUT2D eigenvalue weighted by Gasteiger charge is 2.13. The van der Waals surface area contributed by atoms with E-state index in [1.807, 2.05) is 12.1 Å². The Hall–Kier alpha value is -1.62. The minimum absolute atomic E-state index is 0.311. The van der Waals surface area contributed by atoms with Crippen LogP contribution in [0.4, 0.5) is 5.69 Å². The monoisotopic (exact) mass is 320 g/mol. The Bertz CT molecular complexity index is 511. The van der Waals surface area contributed by atoms with Gasteiger partial charge in [-0.2, -0.15) is 0 Å². The zero-order valence-corrected chi connectivity index (χ0v) is 13.9. The molecular formula is C17H24N2O2S. The highest BCUT2D eigenvalue weighted by molar-refractivity contribution is 7.80. The van der Waals surface area contributed by atoms with E-state index in [1.165, 1.54) is 38.5 Å². The molecule has 22 heavy (non-hydrogen) atoms. The predicted molar refractivity (Wildman–Crippen MR) is 93.2 cm³/mol. The van der Waals surface area contributed by atoms with Crippen molar-refractivity contribution in [2.45, 2.75) is 51.5 Å². The van der Waals surface area contributed by atoms with Gasteiger partial charge in [0.05, 0.1) is 12.2 Å². The lowest BCUT2D eigenvalue weighted by atomic mass is 10.1. The molecule has 1 aromatic rings. The summed E-state index contributed by atoms with van der Waals surface area (Å²) in [5, 5.41) is 7.16. The lowest BCUT2D eigenvalue weighted by Crippen LogP contribution is -2.37. The summed E-state index contributed by atoms with van der Waals surface area (Å²) in [6.07, 6.45) is 7.51. The van der Waals surface area contributed by atoms with E-state index in [9.17, 15) is 4.79 Å². The topological polar surface area (TPSA) is 50.4 Å². The zero-order valence-electron chi connectivity index (χ0n) is 13.1. The number of anilines is 1. The molecule has 120 valence electrons. The van der Waals surface area contributed by atoms with Gasteiger partial charge in [0, 0.05) is 11.7 Å². The molecule has 4 nitrogen and oxygen atoms in total. The number of ether oxygens (including phenoxy) is 1. The van der Waals surface area contributed by atoms with E-state index < -0.39 is 0 Å². The first-order valence-electron chi connectivity index (χ1n) is 8.03. The van der Waals surface area contributed by atoms with Gasteiger partial charge in [-0.15, -0.1) is 0 Å². The van der Waals surface area contributed by atoms with Crippen LogP contribution in [0.2, 0.25) is 0 Å². The van der Waals surface area contributed by atoms with Crippen LogP contribution in [0.25, 0.3) is 0 Å². The minimum Gasteiger partial charge on any atom is -0.462 e. The molecule has 2 rings (SSSR count). The smallest absolute Gasteiger partial charge is 0.338 e. The van der Waals surface area contributed by atoms with Gasteiger partial charge in [0.2, 0.25) is 0 Å². The summed E-state index contributed by atoms with van der Waals surface area (Å²) < 4.78 is 5.01. The van der Waals surface area contributed by atoms with Crippen LogP contribution < -0.4 is 10.6 Å². The first kappa shape index (κ1) is 16.7. The fourth-order valence-electron chi connectivity index (χ4n) is 2.71. The van der Waals surface area contributed by atoms with Gasteiger partial charge in [-0.1, -0.05) is 31.7 Å². The molecule has 0 aromatic heterocycles. The van der Waals surface area contributed by atoms with Crippen LogP contribution in [-0.2, 0) is 4.74 Å². The molecule has 0 radical (unpaired) electrons. The lowest BCUT2D eigenvalue weighted by molar-refractivity contribution is 0.0526. The van der Waals surface area contributed by atoms with Crippen LogP contribution in [0.3, 0.4) is 0 Å². The normalized spacial score (nSPS) is 15.7. The van der Waals surface area contributed by atoms with Crippen molar-refractivity contribution in [1.29, 1.82) is 0 Å². The van der Waals surface area contributed by atoms with E-state index in [2.05, 4.69) is 10.6 Å². The molecule has 0 bridgehead atoms. The molecule has 1 aromatic carbocycles. The van der Waals surface area contributed by atoms with Crippen molar-refractivity contribution in [2.24, 2.45) is 0 Å². The van der Waals surface area contributed by atoms with Crippen molar-refractivity contribution in [3.05, 3.63) is 29.8 Å². The van der Waals surface area contributed by atoms with Crippen LogP contribution >= 0.6 is 12.2 Å². The minimum atomic E-state index is -0.311. The largest absolute Gasteiger partial charge is 0.462 e. The molecule has 1 aliphatic carbocycles. The summed E-state index contributed by atoms with van der Waals surface area (Å²) in [5.41, 5.74) is 1.33. The third-order valence-electron chi connectivity index (χ3n) is 3.82. The van der Waals surface area contributed by atoms with Gasteiger partial charge >= 0.3 is 5.97 Å². The molecule has 1 fully saturated rings. The number of hydrogen-bond acceptors (Lipinski definition) is 3. The van der Waals surface area contributed by atoms with Crippen molar-refractivity contribution in [3.8, 4) is 0 Å². The highest BCUT2D eigenvalue weighted by Crippen LogP contribution is 2.17. The summed E-state index contributed by atoms with van der Waals surface area (Å²) in [7, 11) is 0. The molecule has 1 aliphatic rings. The van der Waals surface area contributed by atoms with Crippen molar-refractivity contribution in [3.63, 3.8) is 0 Å². The molecule has 0 atom stereocenters. The van der Waals surface area contributed by atoms with Crippen molar-refractivity contribution >= 4 is 29.0 Å².